The molecule has 0 atom stereocenters. The normalized spacial score (nSPS) is 14.8. The zero-order chi connectivity index (χ0) is 18.4. The van der Waals surface area contributed by atoms with Gasteiger partial charge in [0.05, 0.1) is 16.9 Å². The van der Waals surface area contributed by atoms with Crippen molar-refractivity contribution in [2.45, 2.75) is 32.9 Å². The smallest absolute Gasteiger partial charge is 0.227 e. The van der Waals surface area contributed by atoms with Crippen molar-refractivity contribution in [3.05, 3.63) is 50.6 Å². The van der Waals surface area contributed by atoms with Gasteiger partial charge in [0.1, 0.15) is 0 Å². The number of aliphatic imine (C=N–C) groups is 1. The first-order valence-electron chi connectivity index (χ1n) is 8.81. The van der Waals surface area contributed by atoms with Crippen LogP contribution in [0.3, 0.4) is 0 Å². The molecule has 1 aromatic heterocycles. The number of hydrogen-bond acceptors (Lipinski definition) is 3. The molecule has 138 valence electrons. The maximum atomic E-state index is 11.8. The molecule has 1 saturated heterocycles. The summed E-state index contributed by atoms with van der Waals surface area (Å²) >= 11 is 5.20. The van der Waals surface area contributed by atoms with Gasteiger partial charge in [0.25, 0.3) is 0 Å². The predicted molar refractivity (Wildman–Crippen MR) is 112 cm³/mol. The second-order valence-electron chi connectivity index (χ2n) is 6.07. The Morgan fingerprint density at radius 3 is 2.65 bits per heavy atom. The molecule has 0 aliphatic carbocycles. The van der Waals surface area contributed by atoms with Gasteiger partial charge < -0.3 is 15.5 Å². The average Bonchev–Trinajstić information content (AvgIpc) is 3.26. The summed E-state index contributed by atoms with van der Waals surface area (Å²) in [6.07, 6.45) is 1.61. The molecule has 0 spiro atoms. The van der Waals surface area contributed by atoms with Crippen molar-refractivity contribution in [1.29, 1.82) is 0 Å². The number of hydrogen-bond donors (Lipinski definition) is 2. The van der Waals surface area contributed by atoms with Crippen molar-refractivity contribution < 1.29 is 4.79 Å². The minimum absolute atomic E-state index is 0.217. The van der Waals surface area contributed by atoms with Gasteiger partial charge in [-0.3, -0.25) is 4.79 Å². The summed E-state index contributed by atoms with van der Waals surface area (Å²) in [5, 5.41) is 6.63. The first kappa shape index (κ1) is 18.9. The summed E-state index contributed by atoms with van der Waals surface area (Å²) in [5.41, 5.74) is 2.10. The largest absolute Gasteiger partial charge is 0.357 e. The van der Waals surface area contributed by atoms with E-state index in [1.165, 1.54) is 4.88 Å². The van der Waals surface area contributed by atoms with Gasteiger partial charge in [-0.2, -0.15) is 0 Å². The molecule has 2 N–H and O–H groups in total. The number of thiophene rings is 1. The van der Waals surface area contributed by atoms with Crippen molar-refractivity contribution in [3.63, 3.8) is 0 Å². The first-order valence-corrected chi connectivity index (χ1v) is 10.4. The van der Waals surface area contributed by atoms with Crippen LogP contribution in [0, 0.1) is 0 Å². The minimum Gasteiger partial charge on any atom is -0.357 e. The molecule has 0 radical (unpaired) electrons. The molecule has 1 aliphatic heterocycles. The van der Waals surface area contributed by atoms with Crippen LogP contribution in [0.15, 0.2) is 45.2 Å². The summed E-state index contributed by atoms with van der Waals surface area (Å²) in [6, 6.07) is 12.3. The van der Waals surface area contributed by atoms with Gasteiger partial charge in [-0.25, -0.2) is 4.99 Å². The van der Waals surface area contributed by atoms with Crippen LogP contribution in [0.1, 0.15) is 30.2 Å². The molecule has 1 fully saturated rings. The standard InChI is InChI=1S/C19H23BrN4OS/c1-2-21-19(23-13-16-9-10-17(20)26-16)22-12-14-5-7-15(8-6-14)24-11-3-4-18(24)25/h5-10H,2-4,11-13H2,1H3,(H2,21,22,23). The van der Waals surface area contributed by atoms with E-state index in [1.807, 2.05) is 29.2 Å². The number of anilines is 1. The van der Waals surface area contributed by atoms with E-state index in [9.17, 15) is 4.79 Å². The Morgan fingerprint density at radius 1 is 1.23 bits per heavy atom. The van der Waals surface area contributed by atoms with Crippen molar-refractivity contribution in [2.75, 3.05) is 18.0 Å². The molecule has 7 heteroatoms. The first-order chi connectivity index (χ1) is 12.7. The molecular formula is C19H23BrN4OS. The van der Waals surface area contributed by atoms with Crippen molar-refractivity contribution >= 4 is 44.8 Å². The number of guanidine groups is 1. The lowest BCUT2D eigenvalue weighted by Crippen LogP contribution is -2.36. The van der Waals surface area contributed by atoms with Gasteiger partial charge in [-0.1, -0.05) is 12.1 Å². The Hall–Kier alpha value is -1.86. The number of benzene rings is 1. The number of nitrogens with zero attached hydrogens (tertiary/aromatic N) is 2. The van der Waals surface area contributed by atoms with Gasteiger partial charge in [0.2, 0.25) is 5.91 Å². The zero-order valence-electron chi connectivity index (χ0n) is 14.8. The number of carbonyl (C=O) groups is 1. The van der Waals surface area contributed by atoms with Crippen molar-refractivity contribution in [2.24, 2.45) is 4.99 Å². The Kier molecular flexibility index (Phi) is 6.68. The molecule has 1 amide bonds. The summed E-state index contributed by atoms with van der Waals surface area (Å²) in [4.78, 5) is 19.6. The van der Waals surface area contributed by atoms with Crippen LogP contribution in [-0.4, -0.2) is 25.0 Å². The van der Waals surface area contributed by atoms with E-state index in [-0.39, 0.29) is 5.91 Å². The zero-order valence-corrected chi connectivity index (χ0v) is 17.2. The Labute approximate surface area is 166 Å². The predicted octanol–water partition coefficient (Wildman–Crippen LogP) is 3.89. The van der Waals surface area contributed by atoms with Crippen LogP contribution >= 0.6 is 27.3 Å². The second kappa shape index (κ2) is 9.19. The lowest BCUT2D eigenvalue weighted by atomic mass is 10.2. The molecular weight excluding hydrogens is 412 g/mol. The number of halogens is 1. The molecule has 1 aromatic carbocycles. The molecule has 0 saturated carbocycles. The van der Waals surface area contributed by atoms with E-state index in [0.29, 0.717) is 13.0 Å². The fourth-order valence-electron chi connectivity index (χ4n) is 2.83. The van der Waals surface area contributed by atoms with Crippen LogP contribution in [0.5, 0.6) is 0 Å². The Bertz CT molecular complexity index is 772. The number of rotatable bonds is 6. The second-order valence-corrected chi connectivity index (χ2v) is 8.62. The third-order valence-electron chi connectivity index (χ3n) is 4.14. The van der Waals surface area contributed by atoms with E-state index in [1.54, 1.807) is 11.3 Å². The van der Waals surface area contributed by atoms with Crippen LogP contribution in [0.4, 0.5) is 5.69 Å². The quantitative estimate of drug-likeness (QED) is 0.535. The van der Waals surface area contributed by atoms with Gasteiger partial charge >= 0.3 is 0 Å². The van der Waals surface area contributed by atoms with E-state index >= 15 is 0 Å². The third kappa shape index (κ3) is 5.08. The third-order valence-corrected chi connectivity index (χ3v) is 5.77. The molecule has 2 aromatic rings. The van der Waals surface area contributed by atoms with Crippen LogP contribution in [-0.2, 0) is 17.9 Å². The fourth-order valence-corrected chi connectivity index (χ4v) is 4.26. The molecule has 0 bridgehead atoms. The van der Waals surface area contributed by atoms with Gasteiger partial charge in [0.15, 0.2) is 5.96 Å². The SMILES string of the molecule is CCNC(=NCc1ccc(N2CCCC2=O)cc1)NCc1ccc(Br)s1. The Balaban J connectivity index is 1.58. The summed E-state index contributed by atoms with van der Waals surface area (Å²) < 4.78 is 1.13. The average molecular weight is 435 g/mol. The summed E-state index contributed by atoms with van der Waals surface area (Å²) in [6.45, 7) is 5.04. The van der Waals surface area contributed by atoms with Crippen LogP contribution in [0.2, 0.25) is 0 Å². The number of nitrogens with one attached hydrogen (secondary N) is 2. The van der Waals surface area contributed by atoms with Crippen molar-refractivity contribution in [3.8, 4) is 0 Å². The highest BCUT2D eigenvalue weighted by molar-refractivity contribution is 9.11. The van der Waals surface area contributed by atoms with E-state index in [2.05, 4.69) is 50.6 Å². The van der Waals surface area contributed by atoms with E-state index in [4.69, 9.17) is 0 Å². The van der Waals surface area contributed by atoms with Gasteiger partial charge in [0, 0.05) is 30.1 Å². The highest BCUT2D eigenvalue weighted by Crippen LogP contribution is 2.22. The fraction of sp³-hybridized carbons (Fsp3) is 0.368. The highest BCUT2D eigenvalue weighted by atomic mass is 79.9. The molecule has 3 rings (SSSR count). The number of carbonyl (C=O) groups excluding carboxylic acids is 1. The van der Waals surface area contributed by atoms with Gasteiger partial charge in [-0.15, -0.1) is 11.3 Å². The lowest BCUT2D eigenvalue weighted by Gasteiger charge is -2.15. The monoisotopic (exact) mass is 434 g/mol. The van der Waals surface area contributed by atoms with E-state index in [0.717, 1.165) is 47.1 Å². The maximum Gasteiger partial charge on any atom is 0.227 e. The molecule has 0 unspecified atom stereocenters. The molecule has 5 nitrogen and oxygen atoms in total. The minimum atomic E-state index is 0.217. The molecule has 1 aliphatic rings. The topological polar surface area (TPSA) is 56.7 Å². The highest BCUT2D eigenvalue weighted by Gasteiger charge is 2.21. The lowest BCUT2D eigenvalue weighted by molar-refractivity contribution is -0.117. The van der Waals surface area contributed by atoms with E-state index < -0.39 is 0 Å². The number of amides is 1. The van der Waals surface area contributed by atoms with Gasteiger partial charge in [-0.05, 0) is 59.1 Å². The van der Waals surface area contributed by atoms with Crippen LogP contribution < -0.4 is 15.5 Å². The van der Waals surface area contributed by atoms with Crippen LogP contribution in [0.25, 0.3) is 0 Å². The maximum absolute atomic E-state index is 11.8. The molecule has 26 heavy (non-hydrogen) atoms. The summed E-state index contributed by atoms with van der Waals surface area (Å²) in [7, 11) is 0. The molecule has 2 heterocycles. The Morgan fingerprint density at radius 2 is 2.04 bits per heavy atom. The van der Waals surface area contributed by atoms with Crippen molar-refractivity contribution in [1.82, 2.24) is 10.6 Å². The summed E-state index contributed by atoms with van der Waals surface area (Å²) in [5.74, 6) is 1.02.